The highest BCUT2D eigenvalue weighted by atomic mass is 16.6. The zero-order chi connectivity index (χ0) is 8.81. The third-order valence-corrected chi connectivity index (χ3v) is 1.31. The Morgan fingerprint density at radius 3 is 3.08 bits per heavy atom. The molecule has 68 valence electrons. The Morgan fingerprint density at radius 2 is 2.50 bits per heavy atom. The van der Waals surface area contributed by atoms with Crippen LogP contribution in [-0.4, -0.2) is 16.6 Å². The number of aromatic nitrogens is 2. The van der Waals surface area contributed by atoms with Crippen LogP contribution in [0, 0.1) is 5.92 Å². The van der Waals surface area contributed by atoms with E-state index in [0.29, 0.717) is 12.5 Å². The predicted octanol–water partition coefficient (Wildman–Crippen LogP) is 1.09. The number of H-pyrrole nitrogens is 1. The maximum Gasteiger partial charge on any atom is 0.122 e. The van der Waals surface area contributed by atoms with Gasteiger partial charge in [0.15, 0.2) is 0 Å². The fourth-order valence-electron chi connectivity index (χ4n) is 0.740. The molecule has 12 heavy (non-hydrogen) atoms. The summed E-state index contributed by atoms with van der Waals surface area (Å²) in [7, 11) is 0. The van der Waals surface area contributed by atoms with E-state index in [4.69, 9.17) is 4.84 Å². The minimum absolute atomic E-state index is 0.550. The third kappa shape index (κ3) is 3.50. The number of aromatic amines is 1. The maximum absolute atomic E-state index is 5.16. The third-order valence-electron chi connectivity index (χ3n) is 1.31. The van der Waals surface area contributed by atoms with Gasteiger partial charge in [-0.25, -0.2) is 4.98 Å². The smallest absolute Gasteiger partial charge is 0.122 e. The summed E-state index contributed by atoms with van der Waals surface area (Å²) >= 11 is 0. The molecule has 0 aromatic carbocycles. The highest BCUT2D eigenvalue weighted by Crippen LogP contribution is 1.91. The fraction of sp³-hybridized carbons (Fsp3) is 0.625. The van der Waals surface area contributed by atoms with Crippen molar-refractivity contribution < 1.29 is 4.84 Å². The summed E-state index contributed by atoms with van der Waals surface area (Å²) < 4.78 is 0. The zero-order valence-electron chi connectivity index (χ0n) is 7.50. The monoisotopic (exact) mass is 169 g/mol. The van der Waals surface area contributed by atoms with Gasteiger partial charge in [0.25, 0.3) is 0 Å². The number of rotatable bonds is 5. The number of hydroxylamine groups is 1. The van der Waals surface area contributed by atoms with Crippen LogP contribution >= 0.6 is 0 Å². The van der Waals surface area contributed by atoms with Gasteiger partial charge in [-0.2, -0.15) is 5.48 Å². The van der Waals surface area contributed by atoms with Crippen molar-refractivity contribution in [3.8, 4) is 0 Å². The van der Waals surface area contributed by atoms with Gasteiger partial charge in [-0.3, -0.25) is 0 Å². The molecule has 4 heteroatoms. The van der Waals surface area contributed by atoms with E-state index in [0.717, 1.165) is 12.4 Å². The second-order valence-electron chi connectivity index (χ2n) is 3.06. The van der Waals surface area contributed by atoms with E-state index >= 15 is 0 Å². The van der Waals surface area contributed by atoms with Gasteiger partial charge in [-0.1, -0.05) is 13.8 Å². The van der Waals surface area contributed by atoms with Crippen LogP contribution in [0.3, 0.4) is 0 Å². The lowest BCUT2D eigenvalue weighted by Gasteiger charge is -2.05. The highest BCUT2D eigenvalue weighted by Gasteiger charge is 1.95. The molecule has 0 aliphatic rings. The van der Waals surface area contributed by atoms with Crippen molar-refractivity contribution in [3.05, 3.63) is 18.2 Å². The van der Waals surface area contributed by atoms with Crippen LogP contribution in [0.4, 0.5) is 0 Å². The summed E-state index contributed by atoms with van der Waals surface area (Å²) in [5.74, 6) is 1.44. The van der Waals surface area contributed by atoms with Crippen molar-refractivity contribution in [2.24, 2.45) is 5.92 Å². The molecular formula is C8H15N3O. The number of hydrogen-bond acceptors (Lipinski definition) is 3. The van der Waals surface area contributed by atoms with Gasteiger partial charge in [0.05, 0.1) is 13.2 Å². The molecule has 0 saturated carbocycles. The molecule has 0 bridgehead atoms. The first kappa shape index (κ1) is 9.22. The molecule has 0 amide bonds. The van der Waals surface area contributed by atoms with Crippen LogP contribution in [0.25, 0.3) is 0 Å². The Kier molecular flexibility index (Phi) is 3.76. The van der Waals surface area contributed by atoms with Crippen molar-refractivity contribution in [1.82, 2.24) is 15.4 Å². The first-order valence-corrected chi connectivity index (χ1v) is 4.12. The summed E-state index contributed by atoms with van der Waals surface area (Å²) in [6, 6.07) is 0. The van der Waals surface area contributed by atoms with Crippen molar-refractivity contribution >= 4 is 0 Å². The van der Waals surface area contributed by atoms with Gasteiger partial charge >= 0.3 is 0 Å². The molecule has 1 aromatic heterocycles. The molecule has 0 saturated heterocycles. The van der Waals surface area contributed by atoms with Crippen LogP contribution < -0.4 is 5.48 Å². The van der Waals surface area contributed by atoms with Crippen molar-refractivity contribution in [2.75, 3.05) is 6.61 Å². The molecule has 0 radical (unpaired) electrons. The summed E-state index contributed by atoms with van der Waals surface area (Å²) in [4.78, 5) is 12.2. The summed E-state index contributed by atoms with van der Waals surface area (Å²) in [5, 5.41) is 0. The largest absolute Gasteiger partial charge is 0.347 e. The Morgan fingerprint density at radius 1 is 1.67 bits per heavy atom. The molecule has 1 heterocycles. The van der Waals surface area contributed by atoms with Crippen LogP contribution in [0.2, 0.25) is 0 Å². The quantitative estimate of drug-likeness (QED) is 0.512. The standard InChI is InChI=1S/C8H15N3O/c1-7(2)6-12-11-5-8-9-3-4-10-8/h3-4,7,11H,5-6H2,1-2H3,(H,9,10). The molecule has 0 aliphatic heterocycles. The number of nitrogens with one attached hydrogen (secondary N) is 2. The van der Waals surface area contributed by atoms with Gasteiger partial charge < -0.3 is 9.82 Å². The molecule has 4 nitrogen and oxygen atoms in total. The normalized spacial score (nSPS) is 10.9. The van der Waals surface area contributed by atoms with E-state index in [1.807, 2.05) is 0 Å². The van der Waals surface area contributed by atoms with Gasteiger partial charge in [0.2, 0.25) is 0 Å². The average molecular weight is 169 g/mol. The first-order chi connectivity index (χ1) is 5.79. The van der Waals surface area contributed by atoms with Crippen LogP contribution in [-0.2, 0) is 11.4 Å². The maximum atomic E-state index is 5.16. The zero-order valence-corrected chi connectivity index (χ0v) is 7.50. The van der Waals surface area contributed by atoms with Gasteiger partial charge in [-0.05, 0) is 5.92 Å². The molecule has 1 aromatic rings. The molecule has 0 spiro atoms. The van der Waals surface area contributed by atoms with Crippen molar-refractivity contribution in [2.45, 2.75) is 20.4 Å². The van der Waals surface area contributed by atoms with E-state index in [-0.39, 0.29) is 0 Å². The molecule has 0 aliphatic carbocycles. The Balaban J connectivity index is 2.04. The second kappa shape index (κ2) is 4.90. The van der Waals surface area contributed by atoms with E-state index in [9.17, 15) is 0 Å². The summed E-state index contributed by atoms with van der Waals surface area (Å²) in [5.41, 5.74) is 2.83. The van der Waals surface area contributed by atoms with E-state index in [1.54, 1.807) is 12.4 Å². The molecule has 0 fully saturated rings. The second-order valence-corrected chi connectivity index (χ2v) is 3.06. The minimum atomic E-state index is 0.550. The number of nitrogens with zero attached hydrogens (tertiary/aromatic N) is 1. The van der Waals surface area contributed by atoms with E-state index < -0.39 is 0 Å². The van der Waals surface area contributed by atoms with Crippen molar-refractivity contribution in [3.63, 3.8) is 0 Å². The highest BCUT2D eigenvalue weighted by molar-refractivity contribution is 4.84. The fourth-order valence-corrected chi connectivity index (χ4v) is 0.740. The molecule has 0 unspecified atom stereocenters. The molecule has 0 atom stereocenters. The van der Waals surface area contributed by atoms with Crippen LogP contribution in [0.5, 0.6) is 0 Å². The summed E-state index contributed by atoms with van der Waals surface area (Å²) in [6.45, 7) is 5.56. The Bertz CT molecular complexity index is 196. The van der Waals surface area contributed by atoms with Gasteiger partial charge in [-0.15, -0.1) is 0 Å². The Labute approximate surface area is 72.3 Å². The lowest BCUT2D eigenvalue weighted by atomic mass is 10.2. The Hall–Kier alpha value is -0.870. The molecule has 2 N–H and O–H groups in total. The lowest BCUT2D eigenvalue weighted by molar-refractivity contribution is 0.0185. The predicted molar refractivity (Wildman–Crippen MR) is 46.2 cm³/mol. The van der Waals surface area contributed by atoms with E-state index in [2.05, 4.69) is 29.3 Å². The SMILES string of the molecule is CC(C)CONCc1ncc[nH]1. The van der Waals surface area contributed by atoms with Crippen molar-refractivity contribution in [1.29, 1.82) is 0 Å². The summed E-state index contributed by atoms with van der Waals surface area (Å²) in [6.07, 6.45) is 3.51. The van der Waals surface area contributed by atoms with Crippen LogP contribution in [0.15, 0.2) is 12.4 Å². The van der Waals surface area contributed by atoms with Gasteiger partial charge in [0.1, 0.15) is 5.82 Å². The molecular weight excluding hydrogens is 154 g/mol. The average Bonchev–Trinajstić information content (AvgIpc) is 2.49. The van der Waals surface area contributed by atoms with Gasteiger partial charge in [0, 0.05) is 12.4 Å². The number of hydrogen-bond donors (Lipinski definition) is 2. The minimum Gasteiger partial charge on any atom is -0.347 e. The first-order valence-electron chi connectivity index (χ1n) is 4.12. The van der Waals surface area contributed by atoms with E-state index in [1.165, 1.54) is 0 Å². The topological polar surface area (TPSA) is 49.9 Å². The van der Waals surface area contributed by atoms with Crippen LogP contribution in [0.1, 0.15) is 19.7 Å². The lowest BCUT2D eigenvalue weighted by Crippen LogP contribution is -2.17. The number of imidazole rings is 1. The molecule has 1 rings (SSSR count).